The molecule has 0 N–H and O–H groups in total. The Bertz CT molecular complexity index is 561. The minimum absolute atomic E-state index is 0.588. The first-order chi connectivity index (χ1) is 8.76. The van der Waals surface area contributed by atoms with E-state index < -0.39 is 0 Å². The average Bonchev–Trinajstić information content (AvgIpc) is 2.46. The van der Waals surface area contributed by atoms with Gasteiger partial charge in [0.1, 0.15) is 0 Å². The van der Waals surface area contributed by atoms with Crippen LogP contribution >= 0.6 is 0 Å². The fraction of sp³-hybridized carbons (Fsp3) is 0.235. The zero-order valence-corrected chi connectivity index (χ0v) is 10.9. The fourth-order valence-corrected chi connectivity index (χ4v) is 2.06. The average molecular weight is 235 g/mol. The van der Waals surface area contributed by atoms with Crippen LogP contribution in [0.1, 0.15) is 37.3 Å². The predicted molar refractivity (Wildman–Crippen MR) is 75.3 cm³/mol. The largest absolute Gasteiger partial charge is 0.192 e. The van der Waals surface area contributed by atoms with Crippen molar-refractivity contribution in [2.45, 2.75) is 26.2 Å². The molecule has 0 aliphatic heterocycles. The summed E-state index contributed by atoms with van der Waals surface area (Å²) in [5, 5.41) is 9.11. The molecule has 0 saturated heterocycles. The SMILES string of the molecule is CCC(C)c1ccc(-c2ccccc2C#N)cc1. The van der Waals surface area contributed by atoms with Gasteiger partial charge in [0, 0.05) is 0 Å². The molecule has 2 rings (SSSR count). The van der Waals surface area contributed by atoms with Gasteiger partial charge in [-0.2, -0.15) is 5.26 Å². The highest BCUT2D eigenvalue weighted by atomic mass is 14.2. The molecule has 0 bridgehead atoms. The standard InChI is InChI=1S/C17H17N/c1-3-13(2)14-8-10-15(11-9-14)17-7-5-4-6-16(17)12-18/h4-11,13H,3H2,1-2H3. The summed E-state index contributed by atoms with van der Waals surface area (Å²) in [5.41, 5.74) is 4.21. The monoisotopic (exact) mass is 235 g/mol. The van der Waals surface area contributed by atoms with Crippen LogP contribution in [-0.4, -0.2) is 0 Å². The van der Waals surface area contributed by atoms with Crippen molar-refractivity contribution in [3.05, 3.63) is 59.7 Å². The Hall–Kier alpha value is -2.07. The van der Waals surface area contributed by atoms with Crippen molar-refractivity contribution in [1.29, 1.82) is 5.26 Å². The Kier molecular flexibility index (Phi) is 3.79. The van der Waals surface area contributed by atoms with Crippen molar-refractivity contribution in [3.63, 3.8) is 0 Å². The minimum Gasteiger partial charge on any atom is -0.192 e. The molecule has 0 aliphatic carbocycles. The van der Waals surface area contributed by atoms with Gasteiger partial charge in [0.05, 0.1) is 11.6 Å². The van der Waals surface area contributed by atoms with Crippen LogP contribution in [0.15, 0.2) is 48.5 Å². The summed E-state index contributed by atoms with van der Waals surface area (Å²) in [4.78, 5) is 0. The zero-order chi connectivity index (χ0) is 13.0. The summed E-state index contributed by atoms with van der Waals surface area (Å²) < 4.78 is 0. The maximum atomic E-state index is 9.11. The molecule has 0 fully saturated rings. The Morgan fingerprint density at radius 2 is 1.72 bits per heavy atom. The molecule has 2 aromatic carbocycles. The summed E-state index contributed by atoms with van der Waals surface area (Å²) in [6.45, 7) is 4.43. The number of nitriles is 1. The van der Waals surface area contributed by atoms with Crippen molar-refractivity contribution in [1.82, 2.24) is 0 Å². The van der Waals surface area contributed by atoms with Gasteiger partial charge in [-0.1, -0.05) is 56.3 Å². The lowest BCUT2D eigenvalue weighted by molar-refractivity contribution is 0.734. The highest BCUT2D eigenvalue weighted by molar-refractivity contribution is 5.70. The van der Waals surface area contributed by atoms with Gasteiger partial charge < -0.3 is 0 Å². The Morgan fingerprint density at radius 1 is 1.06 bits per heavy atom. The third-order valence-corrected chi connectivity index (χ3v) is 3.45. The summed E-state index contributed by atoms with van der Waals surface area (Å²) in [6.07, 6.45) is 1.15. The maximum absolute atomic E-state index is 9.11. The second-order valence-corrected chi connectivity index (χ2v) is 4.59. The molecular formula is C17H17N. The quantitative estimate of drug-likeness (QED) is 0.753. The van der Waals surface area contributed by atoms with E-state index in [2.05, 4.69) is 44.2 Å². The minimum atomic E-state index is 0.588. The molecule has 0 amide bonds. The predicted octanol–water partition coefficient (Wildman–Crippen LogP) is 4.74. The van der Waals surface area contributed by atoms with Crippen molar-refractivity contribution in [2.24, 2.45) is 0 Å². The van der Waals surface area contributed by atoms with E-state index in [1.165, 1.54) is 5.56 Å². The molecule has 1 atom stereocenters. The second-order valence-electron chi connectivity index (χ2n) is 4.59. The fourth-order valence-electron chi connectivity index (χ4n) is 2.06. The maximum Gasteiger partial charge on any atom is 0.0998 e. The van der Waals surface area contributed by atoms with Gasteiger partial charge in [0.25, 0.3) is 0 Å². The third kappa shape index (κ3) is 2.43. The van der Waals surface area contributed by atoms with Gasteiger partial charge in [0.2, 0.25) is 0 Å². The zero-order valence-electron chi connectivity index (χ0n) is 10.9. The second kappa shape index (κ2) is 5.51. The van der Waals surface area contributed by atoms with Crippen molar-refractivity contribution >= 4 is 0 Å². The highest BCUT2D eigenvalue weighted by Crippen LogP contribution is 2.26. The van der Waals surface area contributed by atoms with Gasteiger partial charge in [-0.3, -0.25) is 0 Å². The summed E-state index contributed by atoms with van der Waals surface area (Å²) >= 11 is 0. The van der Waals surface area contributed by atoms with E-state index in [9.17, 15) is 0 Å². The topological polar surface area (TPSA) is 23.8 Å². The van der Waals surface area contributed by atoms with Gasteiger partial charge >= 0.3 is 0 Å². The van der Waals surface area contributed by atoms with Crippen LogP contribution in [0.3, 0.4) is 0 Å². The molecule has 18 heavy (non-hydrogen) atoms. The van der Waals surface area contributed by atoms with Crippen LogP contribution in [0.2, 0.25) is 0 Å². The van der Waals surface area contributed by atoms with Crippen LogP contribution in [0, 0.1) is 11.3 Å². The number of hydrogen-bond acceptors (Lipinski definition) is 1. The van der Waals surface area contributed by atoms with Gasteiger partial charge in [0.15, 0.2) is 0 Å². The molecular weight excluding hydrogens is 218 g/mol. The first-order valence-electron chi connectivity index (χ1n) is 6.35. The molecule has 0 heterocycles. The molecule has 0 radical (unpaired) electrons. The summed E-state index contributed by atoms with van der Waals surface area (Å²) in [7, 11) is 0. The number of rotatable bonds is 3. The van der Waals surface area contributed by atoms with Crippen LogP contribution < -0.4 is 0 Å². The molecule has 90 valence electrons. The van der Waals surface area contributed by atoms with Gasteiger partial charge in [-0.25, -0.2) is 0 Å². The highest BCUT2D eigenvalue weighted by Gasteiger charge is 2.06. The number of nitrogens with zero attached hydrogens (tertiary/aromatic N) is 1. The molecule has 2 aromatic rings. The smallest absolute Gasteiger partial charge is 0.0998 e. The van der Waals surface area contributed by atoms with Crippen molar-refractivity contribution in [2.75, 3.05) is 0 Å². The van der Waals surface area contributed by atoms with E-state index in [1.807, 2.05) is 24.3 Å². The van der Waals surface area contributed by atoms with Gasteiger partial charge in [-0.15, -0.1) is 0 Å². The third-order valence-electron chi connectivity index (χ3n) is 3.45. The van der Waals surface area contributed by atoms with Crippen LogP contribution in [-0.2, 0) is 0 Å². The lowest BCUT2D eigenvalue weighted by Crippen LogP contribution is -1.91. The Labute approximate surface area is 109 Å². The van der Waals surface area contributed by atoms with Crippen LogP contribution in [0.25, 0.3) is 11.1 Å². The lowest BCUT2D eigenvalue weighted by atomic mass is 9.94. The first kappa shape index (κ1) is 12.4. The normalized spacial score (nSPS) is 11.8. The molecule has 1 unspecified atom stereocenters. The molecule has 1 nitrogen and oxygen atoms in total. The molecule has 0 saturated carbocycles. The number of hydrogen-bond donors (Lipinski definition) is 0. The summed E-state index contributed by atoms with van der Waals surface area (Å²) in [5.74, 6) is 0.588. The van der Waals surface area contributed by atoms with E-state index in [0.717, 1.165) is 23.1 Å². The summed E-state index contributed by atoms with van der Waals surface area (Å²) in [6, 6.07) is 18.5. The van der Waals surface area contributed by atoms with E-state index in [-0.39, 0.29) is 0 Å². The molecule has 1 heteroatoms. The van der Waals surface area contributed by atoms with Crippen LogP contribution in [0.5, 0.6) is 0 Å². The molecule has 0 aliphatic rings. The first-order valence-corrected chi connectivity index (χ1v) is 6.35. The van der Waals surface area contributed by atoms with E-state index in [1.54, 1.807) is 0 Å². The van der Waals surface area contributed by atoms with Crippen molar-refractivity contribution in [3.8, 4) is 17.2 Å². The number of benzene rings is 2. The van der Waals surface area contributed by atoms with E-state index in [0.29, 0.717) is 5.92 Å². The van der Waals surface area contributed by atoms with E-state index >= 15 is 0 Å². The molecule has 0 spiro atoms. The Balaban J connectivity index is 2.38. The lowest BCUT2D eigenvalue weighted by Gasteiger charge is -2.10. The van der Waals surface area contributed by atoms with Crippen molar-refractivity contribution < 1.29 is 0 Å². The van der Waals surface area contributed by atoms with Gasteiger partial charge in [-0.05, 0) is 35.1 Å². The molecule has 0 aromatic heterocycles. The Morgan fingerprint density at radius 3 is 2.33 bits per heavy atom. The van der Waals surface area contributed by atoms with Crippen LogP contribution in [0.4, 0.5) is 0 Å². The van der Waals surface area contributed by atoms with E-state index in [4.69, 9.17) is 5.26 Å².